The first-order chi connectivity index (χ1) is 12.1. The van der Waals surface area contributed by atoms with Crippen LogP contribution < -0.4 is 11.1 Å². The van der Waals surface area contributed by atoms with E-state index in [4.69, 9.17) is 5.73 Å². The van der Waals surface area contributed by atoms with E-state index in [1.165, 1.54) is 6.20 Å². The van der Waals surface area contributed by atoms with Gasteiger partial charge in [-0.15, -0.1) is 11.8 Å². The number of halogens is 3. The average molecular weight is 384 g/mol. The van der Waals surface area contributed by atoms with Crippen LogP contribution in [0.15, 0.2) is 42.9 Å². The molecule has 4 N–H and O–H groups in total. The summed E-state index contributed by atoms with van der Waals surface area (Å²) in [6.45, 7) is 2.59. The molecule has 1 atom stereocenters. The average Bonchev–Trinajstić information content (AvgIpc) is 2.54. The van der Waals surface area contributed by atoms with Gasteiger partial charge < -0.3 is 16.2 Å². The molecule has 0 saturated heterocycles. The van der Waals surface area contributed by atoms with Gasteiger partial charge in [0.2, 0.25) is 5.95 Å². The van der Waals surface area contributed by atoms with Crippen molar-refractivity contribution in [2.45, 2.75) is 25.6 Å². The molecule has 26 heavy (non-hydrogen) atoms. The molecule has 0 amide bonds. The minimum absolute atomic E-state index is 0.398. The summed E-state index contributed by atoms with van der Waals surface area (Å²) in [6, 6.07) is 7.07. The summed E-state index contributed by atoms with van der Waals surface area (Å²) in [7, 11) is 0. The number of alkyl halides is 3. The summed E-state index contributed by atoms with van der Waals surface area (Å²) in [4.78, 5) is 8.56. The van der Waals surface area contributed by atoms with Crippen molar-refractivity contribution in [3.8, 4) is 0 Å². The number of benzene rings is 1. The van der Waals surface area contributed by atoms with Gasteiger partial charge in [-0.1, -0.05) is 6.07 Å². The fourth-order valence-corrected chi connectivity index (χ4v) is 3.00. The number of nitrogens with one attached hydrogen (secondary N) is 1. The van der Waals surface area contributed by atoms with Crippen LogP contribution in [0.1, 0.15) is 18.1 Å². The van der Waals surface area contributed by atoms with E-state index in [1.54, 1.807) is 30.6 Å². The monoisotopic (exact) mass is 384 g/mol. The molecule has 0 radical (unpaired) electrons. The van der Waals surface area contributed by atoms with E-state index in [0.717, 1.165) is 24.2 Å². The van der Waals surface area contributed by atoms with Gasteiger partial charge in [0, 0.05) is 34.9 Å². The van der Waals surface area contributed by atoms with Crippen molar-refractivity contribution in [3.63, 3.8) is 0 Å². The molecule has 5 nitrogen and oxygen atoms in total. The van der Waals surface area contributed by atoms with Crippen molar-refractivity contribution in [3.05, 3.63) is 54.0 Å². The first-order valence-electron chi connectivity index (χ1n) is 7.62. The fraction of sp³-hybridized carbons (Fsp3) is 0.294. The molecule has 140 valence electrons. The zero-order chi connectivity index (χ0) is 19.4. The quantitative estimate of drug-likeness (QED) is 0.702. The number of aromatic nitrogens is 2. The zero-order valence-corrected chi connectivity index (χ0v) is 15.0. The molecule has 0 bridgehead atoms. The van der Waals surface area contributed by atoms with Crippen LogP contribution in [0, 0.1) is 6.92 Å². The van der Waals surface area contributed by atoms with Gasteiger partial charge in [-0.25, -0.2) is 9.97 Å². The number of anilines is 2. The molecule has 2 aromatic rings. The Morgan fingerprint density at radius 2 is 1.92 bits per heavy atom. The SMILES string of the molecule is Cc1cc(Nc2ncccn2)cc(/C(=C/N)SCC(C)(O)C(F)(F)F)c1. The number of nitrogens with zero attached hydrogens (tertiary/aromatic N) is 2. The van der Waals surface area contributed by atoms with Crippen molar-refractivity contribution < 1.29 is 18.3 Å². The van der Waals surface area contributed by atoms with E-state index in [1.807, 2.05) is 13.0 Å². The van der Waals surface area contributed by atoms with E-state index in [0.29, 0.717) is 22.1 Å². The third-order valence-corrected chi connectivity index (χ3v) is 4.84. The fourth-order valence-electron chi connectivity index (χ4n) is 2.02. The van der Waals surface area contributed by atoms with E-state index < -0.39 is 17.5 Å². The van der Waals surface area contributed by atoms with E-state index in [-0.39, 0.29) is 0 Å². The number of aliphatic hydroxyl groups is 1. The maximum Gasteiger partial charge on any atom is 0.417 e. The van der Waals surface area contributed by atoms with Crippen LogP contribution in [0.5, 0.6) is 0 Å². The Morgan fingerprint density at radius 1 is 1.27 bits per heavy atom. The molecule has 0 aliphatic rings. The maximum atomic E-state index is 12.8. The Hall–Kier alpha value is -2.26. The minimum Gasteiger partial charge on any atom is -0.404 e. The highest BCUT2D eigenvalue weighted by Crippen LogP contribution is 2.37. The molecule has 9 heteroatoms. The predicted octanol–water partition coefficient (Wildman–Crippen LogP) is 3.83. The first kappa shape index (κ1) is 20.1. The van der Waals surface area contributed by atoms with Crippen LogP contribution in [0.25, 0.3) is 4.91 Å². The van der Waals surface area contributed by atoms with Gasteiger partial charge in [-0.3, -0.25) is 0 Å². The molecular weight excluding hydrogens is 365 g/mol. The maximum absolute atomic E-state index is 12.8. The molecule has 0 aliphatic carbocycles. The number of aryl methyl sites for hydroxylation is 1. The molecule has 1 aromatic carbocycles. The standard InChI is InChI=1S/C17H19F3N4OS/c1-11-6-12(8-13(7-11)24-15-22-4-3-5-23-15)14(9-21)26-10-16(2,25)17(18,19)20/h3-9,25H,10,21H2,1-2H3,(H,22,23,24)/b14-9-. The van der Waals surface area contributed by atoms with Crippen LogP contribution in [0.4, 0.5) is 24.8 Å². The van der Waals surface area contributed by atoms with Crippen LogP contribution in [-0.4, -0.2) is 32.6 Å². The molecule has 1 heterocycles. The molecule has 2 rings (SSSR count). The van der Waals surface area contributed by atoms with E-state index in [2.05, 4.69) is 15.3 Å². The lowest BCUT2D eigenvalue weighted by Crippen LogP contribution is -2.44. The van der Waals surface area contributed by atoms with Crippen LogP contribution in [0.3, 0.4) is 0 Å². The van der Waals surface area contributed by atoms with Gasteiger partial charge >= 0.3 is 6.18 Å². The Morgan fingerprint density at radius 3 is 2.50 bits per heavy atom. The number of hydrogen-bond donors (Lipinski definition) is 3. The Bertz CT molecular complexity index is 779. The highest BCUT2D eigenvalue weighted by atomic mass is 32.2. The molecular formula is C17H19F3N4OS. The van der Waals surface area contributed by atoms with Gasteiger partial charge in [0.05, 0.1) is 0 Å². The molecule has 1 unspecified atom stereocenters. The summed E-state index contributed by atoms with van der Waals surface area (Å²) in [5.41, 5.74) is 4.98. The number of nitrogens with two attached hydrogens (primary N) is 1. The van der Waals surface area contributed by atoms with Gasteiger partial charge in [0.1, 0.15) is 0 Å². The van der Waals surface area contributed by atoms with Crippen molar-refractivity contribution in [2.75, 3.05) is 11.1 Å². The number of rotatable bonds is 6. The smallest absolute Gasteiger partial charge is 0.404 e. The van der Waals surface area contributed by atoms with Crippen molar-refractivity contribution in [1.29, 1.82) is 0 Å². The molecule has 0 fully saturated rings. The van der Waals surface area contributed by atoms with Gasteiger partial charge in [0.25, 0.3) is 0 Å². The minimum atomic E-state index is -4.72. The molecule has 0 spiro atoms. The highest BCUT2D eigenvalue weighted by molar-refractivity contribution is 8.08. The van der Waals surface area contributed by atoms with E-state index in [9.17, 15) is 18.3 Å². The second-order valence-corrected chi connectivity index (χ2v) is 6.89. The van der Waals surface area contributed by atoms with Crippen LogP contribution in [-0.2, 0) is 0 Å². The third kappa shape index (κ3) is 5.12. The van der Waals surface area contributed by atoms with Crippen molar-refractivity contribution in [1.82, 2.24) is 9.97 Å². The van der Waals surface area contributed by atoms with Gasteiger partial charge in [-0.05, 0) is 43.2 Å². The summed E-state index contributed by atoms with van der Waals surface area (Å²) in [5, 5.41) is 12.6. The zero-order valence-electron chi connectivity index (χ0n) is 14.2. The Balaban J connectivity index is 2.20. The van der Waals surface area contributed by atoms with Crippen LogP contribution in [0.2, 0.25) is 0 Å². The number of hydrogen-bond acceptors (Lipinski definition) is 6. The van der Waals surface area contributed by atoms with Crippen LogP contribution >= 0.6 is 11.8 Å². The summed E-state index contributed by atoms with van der Waals surface area (Å²) >= 11 is 0.839. The third-order valence-electron chi connectivity index (χ3n) is 3.45. The Labute approximate surface area is 153 Å². The van der Waals surface area contributed by atoms with Gasteiger partial charge in [0.15, 0.2) is 5.60 Å². The summed E-state index contributed by atoms with van der Waals surface area (Å²) in [5.74, 6) is -0.173. The predicted molar refractivity (Wildman–Crippen MR) is 97.8 cm³/mol. The second-order valence-electron chi connectivity index (χ2n) is 5.88. The first-order valence-corrected chi connectivity index (χ1v) is 8.61. The second kappa shape index (κ2) is 7.96. The lowest BCUT2D eigenvalue weighted by molar-refractivity contribution is -0.242. The number of thioether (sulfide) groups is 1. The van der Waals surface area contributed by atoms with E-state index >= 15 is 0 Å². The Kier molecular flexibility index (Phi) is 6.14. The molecule has 0 aliphatic heterocycles. The normalized spacial score (nSPS) is 14.8. The van der Waals surface area contributed by atoms with Gasteiger partial charge in [-0.2, -0.15) is 13.2 Å². The summed E-state index contributed by atoms with van der Waals surface area (Å²) in [6.07, 6.45) is -0.309. The van der Waals surface area contributed by atoms with Crippen molar-refractivity contribution in [2.24, 2.45) is 5.73 Å². The lowest BCUT2D eigenvalue weighted by Gasteiger charge is -2.26. The lowest BCUT2D eigenvalue weighted by atomic mass is 10.1. The molecule has 0 saturated carbocycles. The molecule has 1 aromatic heterocycles. The summed E-state index contributed by atoms with van der Waals surface area (Å²) < 4.78 is 38.5. The topological polar surface area (TPSA) is 84.1 Å². The largest absolute Gasteiger partial charge is 0.417 e. The van der Waals surface area contributed by atoms with Crippen molar-refractivity contribution >= 4 is 28.3 Å². The highest BCUT2D eigenvalue weighted by Gasteiger charge is 2.49.